The summed E-state index contributed by atoms with van der Waals surface area (Å²) in [6.45, 7) is 4.61. The molecule has 4 atom stereocenters. The zero-order chi connectivity index (χ0) is 22.9. The van der Waals surface area contributed by atoms with Crippen molar-refractivity contribution in [2.45, 2.75) is 76.4 Å². The van der Waals surface area contributed by atoms with Crippen molar-refractivity contribution in [1.29, 1.82) is 0 Å². The molecule has 0 unspecified atom stereocenters. The fourth-order valence-corrected chi connectivity index (χ4v) is 5.54. The zero-order valence-electron chi connectivity index (χ0n) is 19.5. The van der Waals surface area contributed by atoms with E-state index in [4.69, 9.17) is 15.5 Å². The molecule has 7 nitrogen and oxygen atoms in total. The molecule has 1 fully saturated rings. The summed E-state index contributed by atoms with van der Waals surface area (Å²) in [4.78, 5) is 32.7. The zero-order valence-corrected chi connectivity index (χ0v) is 19.5. The van der Waals surface area contributed by atoms with E-state index in [0.29, 0.717) is 25.4 Å². The lowest BCUT2D eigenvalue weighted by molar-refractivity contribution is -0.133. The first kappa shape index (κ1) is 22.8. The highest BCUT2D eigenvalue weighted by atomic mass is 16.5. The second kappa shape index (κ2) is 9.22. The van der Waals surface area contributed by atoms with Crippen LogP contribution >= 0.6 is 0 Å². The fourth-order valence-electron chi connectivity index (χ4n) is 5.54. The number of rotatable bonds is 9. The number of ether oxygens (including phenoxy) is 1. The molecule has 4 rings (SSSR count). The molecule has 1 aliphatic heterocycles. The van der Waals surface area contributed by atoms with Gasteiger partial charge in [-0.1, -0.05) is 38.1 Å². The van der Waals surface area contributed by atoms with Crippen molar-refractivity contribution in [1.82, 2.24) is 10.2 Å². The van der Waals surface area contributed by atoms with Crippen molar-refractivity contribution in [3.63, 3.8) is 0 Å². The standard InChI is InChI=1S/C25H36N4O3/c1-4-25(5-2)15-22(30)29(24(26)28-25)21(12-13-32-3)18-14-19(18)23(31)27-20-11-10-16-8-6-7-9-17(16)20/h6-9,18-21H,4-5,10-15H2,1-3H3,(H2,26,28)(H,27,31)/t18-,19-,20+,21-/m1/s1. The number of benzene rings is 1. The maximum atomic E-state index is 13.2. The Morgan fingerprint density at radius 1 is 1.34 bits per heavy atom. The van der Waals surface area contributed by atoms with Gasteiger partial charge in [-0.15, -0.1) is 0 Å². The van der Waals surface area contributed by atoms with Crippen LogP contribution in [0.5, 0.6) is 0 Å². The summed E-state index contributed by atoms with van der Waals surface area (Å²) in [5.41, 5.74) is 8.50. The van der Waals surface area contributed by atoms with E-state index in [0.717, 1.165) is 32.1 Å². The third-order valence-corrected chi connectivity index (χ3v) is 7.73. The summed E-state index contributed by atoms with van der Waals surface area (Å²) >= 11 is 0. The average molecular weight is 441 g/mol. The number of hydrogen-bond acceptors (Lipinski definition) is 5. The fraction of sp³-hybridized carbons (Fsp3) is 0.640. The molecule has 1 aromatic carbocycles. The minimum absolute atomic E-state index is 0.0121. The monoisotopic (exact) mass is 440 g/mol. The van der Waals surface area contributed by atoms with Crippen LogP contribution in [0.2, 0.25) is 0 Å². The number of methoxy groups -OCH3 is 1. The van der Waals surface area contributed by atoms with Crippen molar-refractivity contribution >= 4 is 17.8 Å². The molecule has 0 bridgehead atoms. The summed E-state index contributed by atoms with van der Waals surface area (Å²) in [7, 11) is 1.65. The van der Waals surface area contributed by atoms with Gasteiger partial charge in [0.05, 0.1) is 18.0 Å². The number of hydrogen-bond donors (Lipinski definition) is 2. The van der Waals surface area contributed by atoms with Gasteiger partial charge in [-0.3, -0.25) is 14.5 Å². The Kier molecular flexibility index (Phi) is 6.56. The third-order valence-electron chi connectivity index (χ3n) is 7.73. The van der Waals surface area contributed by atoms with Crippen LogP contribution in [0.1, 0.15) is 69.5 Å². The van der Waals surface area contributed by atoms with E-state index >= 15 is 0 Å². The summed E-state index contributed by atoms with van der Waals surface area (Å²) in [6.07, 6.45) is 5.27. The van der Waals surface area contributed by atoms with Crippen LogP contribution in [0.4, 0.5) is 0 Å². The number of nitrogens with zero attached hydrogens (tertiary/aromatic N) is 2. The van der Waals surface area contributed by atoms with Gasteiger partial charge in [0, 0.05) is 25.7 Å². The third kappa shape index (κ3) is 4.27. The lowest BCUT2D eigenvalue weighted by Gasteiger charge is -2.40. The lowest BCUT2D eigenvalue weighted by Crippen LogP contribution is -2.56. The Hall–Kier alpha value is -2.41. The Morgan fingerprint density at radius 2 is 2.09 bits per heavy atom. The first-order chi connectivity index (χ1) is 15.4. The van der Waals surface area contributed by atoms with Crippen molar-refractivity contribution < 1.29 is 14.3 Å². The van der Waals surface area contributed by atoms with Crippen LogP contribution in [-0.2, 0) is 20.7 Å². The number of nitrogens with one attached hydrogen (secondary N) is 1. The molecule has 2 aliphatic carbocycles. The lowest BCUT2D eigenvalue weighted by atomic mass is 9.87. The molecule has 1 aromatic rings. The topological polar surface area (TPSA) is 97.0 Å². The normalized spacial score (nSPS) is 27.0. The maximum Gasteiger partial charge on any atom is 0.231 e. The predicted molar refractivity (Wildman–Crippen MR) is 124 cm³/mol. The summed E-state index contributed by atoms with van der Waals surface area (Å²) in [5.74, 6) is 0.361. The summed E-state index contributed by atoms with van der Waals surface area (Å²) in [6, 6.07) is 8.24. The van der Waals surface area contributed by atoms with Crippen molar-refractivity contribution in [2.75, 3.05) is 13.7 Å². The largest absolute Gasteiger partial charge is 0.385 e. The van der Waals surface area contributed by atoms with Crippen LogP contribution in [0.15, 0.2) is 29.3 Å². The van der Waals surface area contributed by atoms with E-state index in [-0.39, 0.29) is 35.7 Å². The van der Waals surface area contributed by atoms with Gasteiger partial charge in [-0.2, -0.15) is 0 Å². The van der Waals surface area contributed by atoms with E-state index in [1.807, 2.05) is 26.0 Å². The molecular formula is C25H36N4O3. The smallest absolute Gasteiger partial charge is 0.231 e. The van der Waals surface area contributed by atoms with Crippen LogP contribution in [0, 0.1) is 11.8 Å². The summed E-state index contributed by atoms with van der Waals surface area (Å²) in [5, 5.41) is 3.26. The molecule has 0 spiro atoms. The predicted octanol–water partition coefficient (Wildman–Crippen LogP) is 2.94. The first-order valence-electron chi connectivity index (χ1n) is 12.0. The molecule has 32 heavy (non-hydrogen) atoms. The molecule has 2 amide bonds. The highest BCUT2D eigenvalue weighted by Crippen LogP contribution is 2.46. The van der Waals surface area contributed by atoms with Gasteiger partial charge in [-0.05, 0) is 55.6 Å². The van der Waals surface area contributed by atoms with Crippen molar-refractivity contribution in [2.24, 2.45) is 22.6 Å². The second-order valence-corrected chi connectivity index (χ2v) is 9.50. The number of nitrogens with two attached hydrogens (primary N) is 1. The van der Waals surface area contributed by atoms with Gasteiger partial charge in [0.1, 0.15) is 0 Å². The number of guanidine groups is 1. The van der Waals surface area contributed by atoms with Gasteiger partial charge >= 0.3 is 0 Å². The Balaban J connectivity index is 1.47. The molecule has 174 valence electrons. The molecule has 0 saturated heterocycles. The van der Waals surface area contributed by atoms with Gasteiger partial charge in [-0.25, -0.2) is 4.99 Å². The van der Waals surface area contributed by atoms with Crippen LogP contribution in [0.25, 0.3) is 0 Å². The highest BCUT2D eigenvalue weighted by molar-refractivity contribution is 5.99. The molecule has 0 aromatic heterocycles. The van der Waals surface area contributed by atoms with Crippen LogP contribution in [0.3, 0.4) is 0 Å². The highest BCUT2D eigenvalue weighted by Gasteiger charge is 2.52. The Bertz CT molecular complexity index is 895. The first-order valence-corrected chi connectivity index (χ1v) is 12.0. The molecule has 3 N–H and O–H groups in total. The minimum atomic E-state index is -0.403. The van der Waals surface area contributed by atoms with Gasteiger partial charge in [0.15, 0.2) is 5.96 Å². The Labute approximate surface area is 190 Å². The summed E-state index contributed by atoms with van der Waals surface area (Å²) < 4.78 is 5.32. The molecule has 1 heterocycles. The molecule has 3 aliphatic rings. The van der Waals surface area contributed by atoms with Crippen LogP contribution < -0.4 is 11.1 Å². The average Bonchev–Trinajstić information content (AvgIpc) is 3.49. The van der Waals surface area contributed by atoms with Crippen molar-refractivity contribution in [3.05, 3.63) is 35.4 Å². The SMILES string of the molecule is CCC1(CC)CC(=O)N([C@H](CCOC)[C@@H]2C[C@H]2C(=O)N[C@H]2CCc3ccccc32)C(N)=N1. The second-order valence-electron chi connectivity index (χ2n) is 9.50. The Morgan fingerprint density at radius 3 is 2.78 bits per heavy atom. The number of carbonyl (C=O) groups is 2. The molecule has 0 radical (unpaired) electrons. The number of aryl methyl sites for hydroxylation is 1. The number of aliphatic imine (C=N–C) groups is 1. The van der Waals surface area contributed by atoms with Gasteiger partial charge in [0.25, 0.3) is 0 Å². The molecule has 1 saturated carbocycles. The van der Waals surface area contributed by atoms with Crippen LogP contribution in [-0.4, -0.2) is 48.0 Å². The van der Waals surface area contributed by atoms with Gasteiger partial charge < -0.3 is 15.8 Å². The number of fused-ring (bicyclic) bond motifs is 1. The molecular weight excluding hydrogens is 404 g/mol. The van der Waals surface area contributed by atoms with E-state index in [9.17, 15) is 9.59 Å². The quantitative estimate of drug-likeness (QED) is 0.617. The number of carbonyl (C=O) groups excluding carboxylic acids is 2. The maximum absolute atomic E-state index is 13.2. The van der Waals surface area contributed by atoms with E-state index < -0.39 is 5.54 Å². The minimum Gasteiger partial charge on any atom is -0.385 e. The van der Waals surface area contributed by atoms with E-state index in [1.54, 1.807) is 12.0 Å². The van der Waals surface area contributed by atoms with E-state index in [2.05, 4.69) is 17.4 Å². The van der Waals surface area contributed by atoms with Crippen molar-refractivity contribution in [3.8, 4) is 0 Å². The van der Waals surface area contributed by atoms with E-state index in [1.165, 1.54) is 11.1 Å². The number of amides is 2. The molecule has 7 heteroatoms. The van der Waals surface area contributed by atoms with Gasteiger partial charge in [0.2, 0.25) is 11.8 Å².